The van der Waals surface area contributed by atoms with E-state index in [0.717, 1.165) is 16.4 Å². The Morgan fingerprint density at radius 3 is 2.52 bits per heavy atom. The molecule has 0 aliphatic heterocycles. The second-order valence-corrected chi connectivity index (χ2v) is 9.37. The standard InChI is InChI=1S/C19H11Cl3N4O4S/c20-10-2-4-15-12(5-10)13(16(27)7-17(28)19-23-9-24-25-19)8-26(15)31(29,30)18-6-11(21)1-3-14(18)22/h1-9,27H,(H,23,24,25). The average molecular weight is 498 g/mol. The molecule has 0 unspecified atom stereocenters. The summed E-state index contributed by atoms with van der Waals surface area (Å²) in [6.45, 7) is 0. The molecule has 2 aromatic carbocycles. The molecule has 0 saturated carbocycles. The fourth-order valence-corrected chi connectivity index (χ4v) is 5.23. The largest absolute Gasteiger partial charge is 0.507 e. The minimum Gasteiger partial charge on any atom is -0.507 e. The molecule has 4 rings (SSSR count). The second kappa shape index (κ2) is 8.01. The quantitative estimate of drug-likeness (QED) is 0.234. The van der Waals surface area contributed by atoms with Gasteiger partial charge in [-0.1, -0.05) is 34.8 Å². The molecule has 0 fully saturated rings. The van der Waals surface area contributed by atoms with Crippen LogP contribution >= 0.6 is 34.8 Å². The van der Waals surface area contributed by atoms with Crippen molar-refractivity contribution in [1.82, 2.24) is 19.2 Å². The highest BCUT2D eigenvalue weighted by Crippen LogP contribution is 2.34. The smallest absolute Gasteiger partial charge is 0.269 e. The monoisotopic (exact) mass is 496 g/mol. The maximum absolute atomic E-state index is 13.3. The van der Waals surface area contributed by atoms with Crippen molar-refractivity contribution >= 4 is 67.3 Å². The molecule has 2 aromatic heterocycles. The number of hydrogen-bond acceptors (Lipinski definition) is 6. The minimum atomic E-state index is -4.21. The van der Waals surface area contributed by atoms with Crippen LogP contribution in [0.3, 0.4) is 0 Å². The third kappa shape index (κ3) is 3.92. The van der Waals surface area contributed by atoms with Gasteiger partial charge in [0.05, 0.1) is 10.5 Å². The summed E-state index contributed by atoms with van der Waals surface area (Å²) >= 11 is 18.1. The molecule has 2 N–H and O–H groups in total. The second-order valence-electron chi connectivity index (χ2n) is 6.31. The number of rotatable bonds is 5. The summed E-state index contributed by atoms with van der Waals surface area (Å²) in [6, 6.07) is 8.51. The molecular weight excluding hydrogens is 487 g/mol. The highest BCUT2D eigenvalue weighted by Gasteiger charge is 2.25. The molecule has 0 radical (unpaired) electrons. The number of hydrogen-bond donors (Lipinski definition) is 2. The Morgan fingerprint density at radius 2 is 1.81 bits per heavy atom. The number of nitrogens with zero attached hydrogens (tertiary/aromatic N) is 3. The molecular formula is C19H11Cl3N4O4S. The van der Waals surface area contributed by atoms with Crippen LogP contribution in [0.2, 0.25) is 15.1 Å². The van der Waals surface area contributed by atoms with E-state index in [9.17, 15) is 18.3 Å². The SMILES string of the molecule is O=C(C=C(O)c1cn(S(=O)(=O)c2cc(Cl)ccc2Cl)c2ccc(Cl)cc12)c1ncn[nH]1. The number of halogens is 3. The summed E-state index contributed by atoms with van der Waals surface area (Å²) in [5, 5.41) is 17.3. The number of carbonyl (C=O) groups excluding carboxylic acids is 1. The highest BCUT2D eigenvalue weighted by molar-refractivity contribution is 7.90. The summed E-state index contributed by atoms with van der Waals surface area (Å²) in [4.78, 5) is 15.7. The third-order valence-corrected chi connectivity index (χ3v) is 6.98. The van der Waals surface area contributed by atoms with E-state index in [1.807, 2.05) is 0 Å². The van der Waals surface area contributed by atoms with Gasteiger partial charge >= 0.3 is 0 Å². The van der Waals surface area contributed by atoms with Crippen molar-refractivity contribution in [2.24, 2.45) is 0 Å². The number of aliphatic hydroxyl groups excluding tert-OH is 1. The first-order valence-corrected chi connectivity index (χ1v) is 11.1. The van der Waals surface area contributed by atoms with Gasteiger partial charge in [0.2, 0.25) is 5.78 Å². The van der Waals surface area contributed by atoms with Crippen molar-refractivity contribution in [2.75, 3.05) is 0 Å². The van der Waals surface area contributed by atoms with Gasteiger partial charge in [0.25, 0.3) is 10.0 Å². The Morgan fingerprint density at radius 1 is 1.10 bits per heavy atom. The van der Waals surface area contributed by atoms with E-state index < -0.39 is 21.6 Å². The summed E-state index contributed by atoms with van der Waals surface area (Å²) in [7, 11) is -4.21. The number of aromatic nitrogens is 4. The summed E-state index contributed by atoms with van der Waals surface area (Å²) in [5.74, 6) is -1.23. The Bertz CT molecular complexity index is 1460. The molecule has 4 aromatic rings. The highest BCUT2D eigenvalue weighted by atomic mass is 35.5. The van der Waals surface area contributed by atoms with Crippen molar-refractivity contribution in [1.29, 1.82) is 0 Å². The topological polar surface area (TPSA) is 118 Å². The van der Waals surface area contributed by atoms with Gasteiger partial charge in [0.1, 0.15) is 17.0 Å². The van der Waals surface area contributed by atoms with E-state index in [0.29, 0.717) is 10.4 Å². The van der Waals surface area contributed by atoms with Crippen molar-refractivity contribution in [3.05, 3.63) is 81.5 Å². The van der Waals surface area contributed by atoms with E-state index in [4.69, 9.17) is 34.8 Å². The van der Waals surface area contributed by atoms with Crippen molar-refractivity contribution in [2.45, 2.75) is 4.90 Å². The molecule has 0 saturated heterocycles. The number of allylic oxidation sites excluding steroid dienone is 1. The van der Waals surface area contributed by atoms with Gasteiger partial charge in [-0.05, 0) is 36.4 Å². The first-order chi connectivity index (χ1) is 14.7. The van der Waals surface area contributed by atoms with Crippen LogP contribution in [0.25, 0.3) is 16.7 Å². The molecule has 31 heavy (non-hydrogen) atoms. The lowest BCUT2D eigenvalue weighted by Gasteiger charge is -2.09. The number of ketones is 1. The zero-order valence-corrected chi connectivity index (χ0v) is 18.3. The van der Waals surface area contributed by atoms with E-state index >= 15 is 0 Å². The lowest BCUT2D eigenvalue weighted by molar-refractivity contribution is 0.103. The van der Waals surface area contributed by atoms with Crippen LogP contribution in [-0.2, 0) is 10.0 Å². The van der Waals surface area contributed by atoms with Crippen LogP contribution in [0.5, 0.6) is 0 Å². The fourth-order valence-electron chi connectivity index (χ4n) is 2.95. The van der Waals surface area contributed by atoms with Gasteiger partial charge in [-0.3, -0.25) is 9.89 Å². The minimum absolute atomic E-state index is 0.0259. The molecule has 0 aliphatic rings. The third-order valence-electron chi connectivity index (χ3n) is 4.35. The van der Waals surface area contributed by atoms with Crippen LogP contribution < -0.4 is 0 Å². The lowest BCUT2D eigenvalue weighted by atomic mass is 10.1. The molecule has 0 spiro atoms. The number of H-pyrrole nitrogens is 1. The maximum Gasteiger partial charge on any atom is 0.269 e. The normalized spacial score (nSPS) is 12.4. The zero-order valence-electron chi connectivity index (χ0n) is 15.3. The van der Waals surface area contributed by atoms with E-state index in [1.165, 1.54) is 42.6 Å². The molecule has 0 aliphatic carbocycles. The van der Waals surface area contributed by atoms with Crippen molar-refractivity contribution in [3.8, 4) is 0 Å². The van der Waals surface area contributed by atoms with Crippen LogP contribution in [0.15, 0.2) is 59.9 Å². The Kier molecular flexibility index (Phi) is 5.52. The van der Waals surface area contributed by atoms with Crippen molar-refractivity contribution < 1.29 is 18.3 Å². The van der Waals surface area contributed by atoms with Gasteiger partial charge in [-0.2, -0.15) is 5.10 Å². The maximum atomic E-state index is 13.3. The Hall–Kier alpha value is -2.85. The summed E-state index contributed by atoms with van der Waals surface area (Å²) in [5.41, 5.74) is 0.273. The van der Waals surface area contributed by atoms with E-state index in [2.05, 4.69) is 15.2 Å². The van der Waals surface area contributed by atoms with Crippen LogP contribution in [-0.4, -0.2) is 38.5 Å². The summed E-state index contributed by atoms with van der Waals surface area (Å²) < 4.78 is 27.6. The molecule has 8 nitrogen and oxygen atoms in total. The molecule has 0 atom stereocenters. The van der Waals surface area contributed by atoms with E-state index in [1.54, 1.807) is 0 Å². The number of aliphatic hydroxyl groups is 1. The van der Waals surface area contributed by atoms with Gasteiger partial charge in [0.15, 0.2) is 5.82 Å². The first kappa shape index (κ1) is 21.4. The number of benzene rings is 2. The first-order valence-electron chi connectivity index (χ1n) is 8.50. The molecule has 0 amide bonds. The van der Waals surface area contributed by atoms with Gasteiger partial charge in [-0.25, -0.2) is 17.4 Å². The number of fused-ring (bicyclic) bond motifs is 1. The van der Waals surface area contributed by atoms with Gasteiger partial charge in [0, 0.05) is 33.3 Å². The molecule has 2 heterocycles. The summed E-state index contributed by atoms with van der Waals surface area (Å²) in [6.07, 6.45) is 3.22. The van der Waals surface area contributed by atoms with Crippen LogP contribution in [0.4, 0.5) is 0 Å². The average Bonchev–Trinajstić information content (AvgIpc) is 3.37. The van der Waals surface area contributed by atoms with Gasteiger partial charge < -0.3 is 5.11 Å². The van der Waals surface area contributed by atoms with Crippen molar-refractivity contribution in [3.63, 3.8) is 0 Å². The van der Waals surface area contributed by atoms with E-state index in [-0.39, 0.29) is 31.8 Å². The predicted molar refractivity (Wildman–Crippen MR) is 117 cm³/mol. The molecule has 158 valence electrons. The number of carbonyl (C=O) groups is 1. The van der Waals surface area contributed by atoms with Crippen LogP contribution in [0.1, 0.15) is 16.2 Å². The molecule has 0 bridgehead atoms. The number of aromatic amines is 1. The predicted octanol–water partition coefficient (Wildman–Crippen LogP) is 4.74. The zero-order chi connectivity index (χ0) is 22.3. The van der Waals surface area contributed by atoms with Gasteiger partial charge in [-0.15, -0.1) is 0 Å². The number of nitrogens with one attached hydrogen (secondary N) is 1. The Labute approximate surface area is 190 Å². The molecule has 12 heteroatoms. The fraction of sp³-hybridized carbons (Fsp3) is 0. The van der Waals surface area contributed by atoms with Crippen LogP contribution in [0, 0.1) is 0 Å². The lowest BCUT2D eigenvalue weighted by Crippen LogP contribution is -2.12. The Balaban J connectivity index is 1.93.